The van der Waals surface area contributed by atoms with Crippen molar-refractivity contribution in [1.82, 2.24) is 9.97 Å². The van der Waals surface area contributed by atoms with E-state index in [1.807, 2.05) is 42.5 Å². The smallest absolute Gasteiger partial charge is 0.228 e. The number of hydrogen-bond acceptors (Lipinski definition) is 7. The fourth-order valence-electron chi connectivity index (χ4n) is 3.55. The number of aromatic nitrogens is 2. The van der Waals surface area contributed by atoms with Gasteiger partial charge in [-0.05, 0) is 24.3 Å². The zero-order valence-electron chi connectivity index (χ0n) is 16.4. The number of benzene rings is 2. The number of hydrogen-bond donors (Lipinski definition) is 2. The van der Waals surface area contributed by atoms with E-state index in [-0.39, 0.29) is 19.0 Å². The second-order valence-corrected chi connectivity index (χ2v) is 6.69. The van der Waals surface area contributed by atoms with Crippen LogP contribution in [0.5, 0.6) is 5.75 Å². The highest BCUT2D eigenvalue weighted by Crippen LogP contribution is 2.29. The molecule has 0 amide bonds. The van der Waals surface area contributed by atoms with Crippen LogP contribution in [0.15, 0.2) is 48.5 Å². The molecule has 29 heavy (non-hydrogen) atoms. The Morgan fingerprint density at radius 1 is 0.966 bits per heavy atom. The summed E-state index contributed by atoms with van der Waals surface area (Å²) in [5, 5.41) is 13.3. The largest absolute Gasteiger partial charge is 0.495 e. The Labute approximate surface area is 176 Å². The van der Waals surface area contributed by atoms with E-state index >= 15 is 0 Å². The lowest BCUT2D eigenvalue weighted by Crippen LogP contribution is -2.47. The minimum atomic E-state index is 0. The highest BCUT2D eigenvalue weighted by Gasteiger charge is 2.22. The average Bonchev–Trinajstić information content (AvgIpc) is 2.77. The fourth-order valence-corrected chi connectivity index (χ4v) is 3.55. The molecule has 1 aromatic heterocycles. The van der Waals surface area contributed by atoms with E-state index in [0.29, 0.717) is 6.54 Å². The maximum absolute atomic E-state index is 9.17. The predicted molar refractivity (Wildman–Crippen MR) is 120 cm³/mol. The van der Waals surface area contributed by atoms with Gasteiger partial charge in [-0.25, -0.2) is 4.98 Å². The summed E-state index contributed by atoms with van der Waals surface area (Å²) < 4.78 is 5.50. The van der Waals surface area contributed by atoms with Gasteiger partial charge in [0.05, 0.1) is 24.9 Å². The first-order valence-electron chi connectivity index (χ1n) is 9.54. The van der Waals surface area contributed by atoms with Crippen molar-refractivity contribution in [3.05, 3.63) is 48.5 Å². The lowest BCUT2D eigenvalue weighted by atomic mass is 10.2. The molecule has 0 bridgehead atoms. The van der Waals surface area contributed by atoms with Crippen molar-refractivity contribution >= 4 is 40.8 Å². The number of methoxy groups -OCH3 is 1. The van der Waals surface area contributed by atoms with Crippen LogP contribution in [0.1, 0.15) is 0 Å². The molecule has 1 fully saturated rings. The molecule has 4 rings (SSSR count). The molecule has 154 valence electrons. The molecule has 8 heteroatoms. The van der Waals surface area contributed by atoms with E-state index in [1.165, 1.54) is 0 Å². The van der Waals surface area contributed by atoms with Gasteiger partial charge in [0.15, 0.2) is 0 Å². The van der Waals surface area contributed by atoms with Crippen LogP contribution in [0.3, 0.4) is 0 Å². The molecule has 2 aromatic carbocycles. The van der Waals surface area contributed by atoms with Gasteiger partial charge in [-0.3, -0.25) is 0 Å². The van der Waals surface area contributed by atoms with Crippen LogP contribution in [-0.4, -0.2) is 61.5 Å². The maximum atomic E-state index is 9.17. The summed E-state index contributed by atoms with van der Waals surface area (Å²) in [5.41, 5.74) is 2.02. The summed E-state index contributed by atoms with van der Waals surface area (Å²) >= 11 is 0. The number of nitrogens with one attached hydrogen (secondary N) is 1. The summed E-state index contributed by atoms with van der Waals surface area (Å²) in [4.78, 5) is 14.1. The number of halogens is 1. The van der Waals surface area contributed by atoms with Gasteiger partial charge >= 0.3 is 0 Å². The minimum absolute atomic E-state index is 0. The van der Waals surface area contributed by atoms with Gasteiger partial charge in [-0.15, -0.1) is 12.4 Å². The van der Waals surface area contributed by atoms with Gasteiger partial charge in [0.25, 0.3) is 0 Å². The van der Waals surface area contributed by atoms with E-state index in [2.05, 4.69) is 21.2 Å². The third-order valence-corrected chi connectivity index (χ3v) is 4.98. The van der Waals surface area contributed by atoms with Crippen LogP contribution in [0.4, 0.5) is 17.5 Å². The van der Waals surface area contributed by atoms with Gasteiger partial charge in [0, 0.05) is 38.1 Å². The van der Waals surface area contributed by atoms with Crippen LogP contribution in [-0.2, 0) is 0 Å². The van der Waals surface area contributed by atoms with Gasteiger partial charge in [-0.1, -0.05) is 24.3 Å². The zero-order valence-corrected chi connectivity index (χ0v) is 17.2. The average molecular weight is 416 g/mol. The molecule has 0 atom stereocenters. The molecular weight excluding hydrogens is 390 g/mol. The number of anilines is 3. The van der Waals surface area contributed by atoms with E-state index in [9.17, 15) is 0 Å². The maximum Gasteiger partial charge on any atom is 0.228 e. The second kappa shape index (κ2) is 9.62. The van der Waals surface area contributed by atoms with Crippen molar-refractivity contribution in [2.24, 2.45) is 0 Å². The molecule has 0 unspecified atom stereocenters. The Morgan fingerprint density at radius 3 is 2.41 bits per heavy atom. The van der Waals surface area contributed by atoms with Gasteiger partial charge in [-0.2, -0.15) is 4.98 Å². The number of para-hydroxylation sites is 3. The monoisotopic (exact) mass is 415 g/mol. The first kappa shape index (κ1) is 21.0. The molecular formula is C21H26ClN5O2. The van der Waals surface area contributed by atoms with Crippen LogP contribution >= 0.6 is 12.4 Å². The summed E-state index contributed by atoms with van der Waals surface area (Å²) in [6.45, 7) is 3.92. The van der Waals surface area contributed by atoms with Crippen molar-refractivity contribution in [2.75, 3.05) is 61.6 Å². The van der Waals surface area contributed by atoms with Crippen LogP contribution in [0, 0.1) is 0 Å². The molecule has 3 aromatic rings. The Bertz CT molecular complexity index is 947. The molecule has 2 heterocycles. The molecule has 2 N–H and O–H groups in total. The molecule has 0 saturated carbocycles. The Morgan fingerprint density at radius 2 is 1.66 bits per heavy atom. The Kier molecular flexibility index (Phi) is 6.95. The molecule has 1 aliphatic heterocycles. The van der Waals surface area contributed by atoms with Gasteiger partial charge in [0.1, 0.15) is 11.6 Å². The fraction of sp³-hybridized carbons (Fsp3) is 0.333. The second-order valence-electron chi connectivity index (χ2n) is 6.69. The van der Waals surface area contributed by atoms with Crippen LogP contribution in [0.25, 0.3) is 10.9 Å². The van der Waals surface area contributed by atoms with Gasteiger partial charge in [0.2, 0.25) is 5.95 Å². The number of aliphatic hydroxyl groups excluding tert-OH is 1. The van der Waals surface area contributed by atoms with Crippen molar-refractivity contribution in [1.29, 1.82) is 0 Å². The summed E-state index contributed by atoms with van der Waals surface area (Å²) in [5.74, 6) is 2.38. The lowest BCUT2D eigenvalue weighted by molar-refractivity contribution is 0.311. The topological polar surface area (TPSA) is 73.8 Å². The van der Waals surface area contributed by atoms with E-state index < -0.39 is 0 Å². The first-order chi connectivity index (χ1) is 13.8. The normalized spacial score (nSPS) is 13.9. The predicted octanol–water partition coefficient (Wildman–Crippen LogP) is 2.79. The third kappa shape index (κ3) is 4.46. The standard InChI is InChI=1S/C21H25N5O2.ClH/c1-28-19-9-5-4-8-18(19)25-11-13-26(14-12-25)21-23-17-7-3-2-6-16(17)20(24-21)22-10-15-27;/h2-9,27H,10-15H2,1H3,(H,22,23,24);1H. The SMILES string of the molecule is COc1ccccc1N1CCN(c2nc(NCCO)c3ccccc3n2)CC1.Cl. The van der Waals surface area contributed by atoms with E-state index in [1.54, 1.807) is 7.11 Å². The highest BCUT2D eigenvalue weighted by molar-refractivity contribution is 5.90. The molecule has 0 aliphatic carbocycles. The molecule has 1 aliphatic rings. The number of ether oxygens (including phenoxy) is 1. The number of aliphatic hydroxyl groups is 1. The van der Waals surface area contributed by atoms with Crippen molar-refractivity contribution in [2.45, 2.75) is 0 Å². The zero-order chi connectivity index (χ0) is 19.3. The Hall–Kier alpha value is -2.77. The number of fused-ring (bicyclic) bond motifs is 1. The van der Waals surface area contributed by atoms with Crippen molar-refractivity contribution in [3.8, 4) is 5.75 Å². The van der Waals surface area contributed by atoms with Gasteiger partial charge < -0.3 is 25.0 Å². The number of rotatable bonds is 6. The third-order valence-electron chi connectivity index (χ3n) is 4.98. The molecule has 7 nitrogen and oxygen atoms in total. The first-order valence-corrected chi connectivity index (χ1v) is 9.54. The van der Waals surface area contributed by atoms with Crippen LogP contribution in [0.2, 0.25) is 0 Å². The lowest BCUT2D eigenvalue weighted by Gasteiger charge is -2.36. The van der Waals surface area contributed by atoms with E-state index in [0.717, 1.165) is 60.3 Å². The Balaban J connectivity index is 0.00000240. The number of piperazine rings is 1. The highest BCUT2D eigenvalue weighted by atomic mass is 35.5. The van der Waals surface area contributed by atoms with Crippen molar-refractivity contribution < 1.29 is 9.84 Å². The quantitative estimate of drug-likeness (QED) is 0.641. The molecule has 0 radical (unpaired) electrons. The number of nitrogens with zero attached hydrogens (tertiary/aromatic N) is 4. The van der Waals surface area contributed by atoms with E-state index in [4.69, 9.17) is 19.8 Å². The molecule has 0 spiro atoms. The summed E-state index contributed by atoms with van der Waals surface area (Å²) in [7, 11) is 1.71. The van der Waals surface area contributed by atoms with Crippen LogP contribution < -0.4 is 19.9 Å². The summed E-state index contributed by atoms with van der Waals surface area (Å²) in [6, 6.07) is 16.1. The summed E-state index contributed by atoms with van der Waals surface area (Å²) in [6.07, 6.45) is 0. The minimum Gasteiger partial charge on any atom is -0.495 e. The van der Waals surface area contributed by atoms with Crippen molar-refractivity contribution in [3.63, 3.8) is 0 Å². The molecule has 1 saturated heterocycles.